The van der Waals surface area contributed by atoms with Crippen molar-refractivity contribution in [2.24, 2.45) is 0 Å². The van der Waals surface area contributed by atoms with E-state index in [1.165, 1.54) is 25.3 Å². The normalized spacial score (nSPS) is 11.1. The molecule has 0 atom stereocenters. The molecular weight excluding hydrogens is 386 g/mol. The average molecular weight is 400 g/mol. The first-order chi connectivity index (χ1) is 10.7. The molecule has 8 heteroatoms. The van der Waals surface area contributed by atoms with E-state index in [9.17, 15) is 18.3 Å². The molecule has 0 aliphatic heterocycles. The van der Waals surface area contributed by atoms with E-state index in [0.717, 1.165) is 5.56 Å². The van der Waals surface area contributed by atoms with E-state index in [0.29, 0.717) is 4.47 Å². The lowest BCUT2D eigenvalue weighted by Gasteiger charge is -2.14. The molecule has 0 amide bonds. The fraction of sp³-hybridized carbons (Fsp3) is 0.133. The molecule has 0 bridgehead atoms. The molecule has 6 nitrogen and oxygen atoms in total. The third-order valence-corrected chi connectivity index (χ3v) is 4.94. The minimum atomic E-state index is -4.00. The van der Waals surface area contributed by atoms with Gasteiger partial charge in [-0.2, -0.15) is 0 Å². The topological polar surface area (TPSA) is 92.7 Å². The predicted octanol–water partition coefficient (Wildman–Crippen LogP) is 3.27. The van der Waals surface area contributed by atoms with Crippen LogP contribution in [0.1, 0.15) is 15.9 Å². The summed E-state index contributed by atoms with van der Waals surface area (Å²) in [7, 11) is -2.63. The summed E-state index contributed by atoms with van der Waals surface area (Å²) in [5, 5.41) is 9.22. The van der Waals surface area contributed by atoms with Crippen LogP contribution in [0, 0.1) is 6.92 Å². The molecule has 0 spiro atoms. The number of carboxylic acid groups (broad SMARTS) is 1. The molecule has 0 aromatic heterocycles. The second kappa shape index (κ2) is 6.59. The minimum Gasteiger partial charge on any atom is -0.495 e. The number of ether oxygens (including phenoxy) is 1. The fourth-order valence-electron chi connectivity index (χ4n) is 1.98. The zero-order valence-corrected chi connectivity index (χ0v) is 14.7. The molecule has 2 aromatic carbocycles. The molecule has 0 saturated carbocycles. The van der Waals surface area contributed by atoms with Gasteiger partial charge in [-0.05, 0) is 42.8 Å². The van der Waals surface area contributed by atoms with E-state index in [4.69, 9.17) is 4.74 Å². The van der Waals surface area contributed by atoms with Crippen molar-refractivity contribution in [2.75, 3.05) is 11.8 Å². The smallest absolute Gasteiger partial charge is 0.337 e. The molecule has 0 heterocycles. The number of aromatic carboxylic acids is 1. The Morgan fingerprint density at radius 3 is 2.52 bits per heavy atom. The van der Waals surface area contributed by atoms with Crippen LogP contribution >= 0.6 is 15.9 Å². The summed E-state index contributed by atoms with van der Waals surface area (Å²) in [6.07, 6.45) is 0. The standard InChI is InChI=1S/C15H14BrNO5S/c1-9-3-6-13(22-2)14(7-9)23(20,21)17-12-5-4-10(16)8-11(12)15(18)19/h3-8,17H,1-2H3,(H,18,19). The van der Waals surface area contributed by atoms with E-state index in [2.05, 4.69) is 20.7 Å². The molecule has 2 rings (SSSR count). The number of carboxylic acids is 1. The second-order valence-corrected chi connectivity index (χ2v) is 7.32. The van der Waals surface area contributed by atoms with Gasteiger partial charge in [0.05, 0.1) is 18.4 Å². The van der Waals surface area contributed by atoms with E-state index in [-0.39, 0.29) is 21.9 Å². The Morgan fingerprint density at radius 2 is 1.91 bits per heavy atom. The Hall–Kier alpha value is -2.06. The maximum Gasteiger partial charge on any atom is 0.337 e. The first-order valence-electron chi connectivity index (χ1n) is 6.45. The number of methoxy groups -OCH3 is 1. The quantitative estimate of drug-likeness (QED) is 0.804. The predicted molar refractivity (Wildman–Crippen MR) is 89.6 cm³/mol. The summed E-state index contributed by atoms with van der Waals surface area (Å²) < 4.78 is 33.1. The number of nitrogens with one attached hydrogen (secondary N) is 1. The van der Waals surface area contributed by atoms with Gasteiger partial charge in [0, 0.05) is 4.47 Å². The van der Waals surface area contributed by atoms with Gasteiger partial charge in [0.15, 0.2) is 0 Å². The Balaban J connectivity index is 2.52. The number of aryl methyl sites for hydroxylation is 1. The van der Waals surface area contributed by atoms with Crippen molar-refractivity contribution in [1.29, 1.82) is 0 Å². The number of benzene rings is 2. The van der Waals surface area contributed by atoms with Crippen LogP contribution in [0.2, 0.25) is 0 Å². The summed E-state index contributed by atoms with van der Waals surface area (Å²) in [6.45, 7) is 1.75. The van der Waals surface area contributed by atoms with Crippen molar-refractivity contribution in [3.63, 3.8) is 0 Å². The summed E-state index contributed by atoms with van der Waals surface area (Å²) in [5.74, 6) is -1.06. The minimum absolute atomic E-state index is 0.0238. The van der Waals surface area contributed by atoms with Crippen LogP contribution < -0.4 is 9.46 Å². The van der Waals surface area contributed by atoms with Crippen molar-refractivity contribution in [1.82, 2.24) is 0 Å². The highest BCUT2D eigenvalue weighted by Crippen LogP contribution is 2.29. The number of hydrogen-bond acceptors (Lipinski definition) is 4. The van der Waals surface area contributed by atoms with Gasteiger partial charge in [0.1, 0.15) is 10.6 Å². The lowest BCUT2D eigenvalue weighted by Crippen LogP contribution is -2.16. The third-order valence-electron chi connectivity index (χ3n) is 3.06. The number of sulfonamides is 1. The van der Waals surface area contributed by atoms with Gasteiger partial charge in [-0.1, -0.05) is 22.0 Å². The van der Waals surface area contributed by atoms with E-state index < -0.39 is 16.0 Å². The van der Waals surface area contributed by atoms with Crippen LogP contribution in [-0.2, 0) is 10.0 Å². The van der Waals surface area contributed by atoms with Crippen LogP contribution in [-0.4, -0.2) is 26.6 Å². The molecule has 2 N–H and O–H groups in total. The van der Waals surface area contributed by atoms with Crippen LogP contribution in [0.5, 0.6) is 5.75 Å². The van der Waals surface area contributed by atoms with Crippen molar-refractivity contribution in [3.8, 4) is 5.75 Å². The molecule has 0 fully saturated rings. The number of halogens is 1. The zero-order valence-electron chi connectivity index (χ0n) is 12.3. The molecule has 2 aromatic rings. The lowest BCUT2D eigenvalue weighted by atomic mass is 10.2. The van der Waals surface area contributed by atoms with Crippen molar-refractivity contribution in [3.05, 3.63) is 52.0 Å². The summed E-state index contributed by atoms with van der Waals surface area (Å²) in [5.41, 5.74) is 0.555. The highest BCUT2D eigenvalue weighted by molar-refractivity contribution is 9.10. The molecule has 0 radical (unpaired) electrons. The van der Waals surface area contributed by atoms with Gasteiger partial charge in [-0.15, -0.1) is 0 Å². The van der Waals surface area contributed by atoms with Gasteiger partial charge in [-0.3, -0.25) is 4.72 Å². The van der Waals surface area contributed by atoms with Crippen molar-refractivity contribution >= 4 is 37.6 Å². The molecular formula is C15H14BrNO5S. The first-order valence-corrected chi connectivity index (χ1v) is 8.72. The largest absolute Gasteiger partial charge is 0.495 e. The second-order valence-electron chi connectivity index (χ2n) is 4.75. The molecule has 23 heavy (non-hydrogen) atoms. The van der Waals surface area contributed by atoms with Gasteiger partial charge in [-0.25, -0.2) is 13.2 Å². The molecule has 122 valence electrons. The zero-order chi connectivity index (χ0) is 17.2. The lowest BCUT2D eigenvalue weighted by molar-refractivity contribution is 0.0698. The van der Waals surface area contributed by atoms with Crippen LogP contribution in [0.15, 0.2) is 45.8 Å². The van der Waals surface area contributed by atoms with E-state index in [1.807, 2.05) is 0 Å². The Morgan fingerprint density at radius 1 is 1.22 bits per heavy atom. The fourth-order valence-corrected chi connectivity index (χ4v) is 3.67. The van der Waals surface area contributed by atoms with Gasteiger partial charge < -0.3 is 9.84 Å². The van der Waals surface area contributed by atoms with Crippen LogP contribution in [0.4, 0.5) is 5.69 Å². The first kappa shape index (κ1) is 17.3. The van der Waals surface area contributed by atoms with Gasteiger partial charge >= 0.3 is 5.97 Å². The summed E-state index contributed by atoms with van der Waals surface area (Å²) in [4.78, 5) is 11.2. The van der Waals surface area contributed by atoms with Crippen molar-refractivity contribution in [2.45, 2.75) is 11.8 Å². The Bertz CT molecular complexity index is 864. The highest BCUT2D eigenvalue weighted by atomic mass is 79.9. The molecule has 0 aliphatic carbocycles. The maximum atomic E-state index is 12.6. The number of carbonyl (C=O) groups is 1. The maximum absolute atomic E-state index is 12.6. The number of anilines is 1. The van der Waals surface area contributed by atoms with Crippen LogP contribution in [0.25, 0.3) is 0 Å². The summed E-state index contributed by atoms with van der Waals surface area (Å²) >= 11 is 3.16. The van der Waals surface area contributed by atoms with Gasteiger partial charge in [0.25, 0.3) is 10.0 Å². The monoisotopic (exact) mass is 399 g/mol. The van der Waals surface area contributed by atoms with Crippen LogP contribution in [0.3, 0.4) is 0 Å². The molecule has 0 aliphatic rings. The van der Waals surface area contributed by atoms with Gasteiger partial charge in [0.2, 0.25) is 0 Å². The average Bonchev–Trinajstić information content (AvgIpc) is 2.48. The Labute approximate surface area is 142 Å². The third kappa shape index (κ3) is 3.83. The van der Waals surface area contributed by atoms with E-state index >= 15 is 0 Å². The highest BCUT2D eigenvalue weighted by Gasteiger charge is 2.22. The van der Waals surface area contributed by atoms with Crippen molar-refractivity contribution < 1.29 is 23.1 Å². The molecule has 0 unspecified atom stereocenters. The number of hydrogen-bond donors (Lipinski definition) is 2. The Kier molecular flexibility index (Phi) is 4.96. The summed E-state index contributed by atoms with van der Waals surface area (Å²) in [6, 6.07) is 8.99. The SMILES string of the molecule is COc1ccc(C)cc1S(=O)(=O)Nc1ccc(Br)cc1C(=O)O. The number of rotatable bonds is 5. The molecule has 0 saturated heterocycles. The van der Waals surface area contributed by atoms with E-state index in [1.54, 1.807) is 25.1 Å².